The van der Waals surface area contributed by atoms with Gasteiger partial charge in [-0.1, -0.05) is 12.1 Å². The van der Waals surface area contributed by atoms with Gasteiger partial charge in [-0.25, -0.2) is 4.98 Å². The minimum absolute atomic E-state index is 0.248. The lowest BCUT2D eigenvalue weighted by molar-refractivity contribution is -0.124. The van der Waals surface area contributed by atoms with Crippen molar-refractivity contribution in [3.8, 4) is 0 Å². The van der Waals surface area contributed by atoms with Crippen molar-refractivity contribution in [2.45, 2.75) is 19.9 Å². The molecule has 2 aromatic rings. The third-order valence-corrected chi connectivity index (χ3v) is 2.44. The van der Waals surface area contributed by atoms with Gasteiger partial charge in [0.25, 0.3) is 0 Å². The van der Waals surface area contributed by atoms with Crippen molar-refractivity contribution in [1.29, 1.82) is 0 Å². The molecule has 3 N–H and O–H groups in total. The van der Waals surface area contributed by atoms with Crippen LogP contribution in [-0.4, -0.2) is 27.8 Å². The first-order chi connectivity index (χ1) is 8.56. The standard InChI is InChI=1S/C12H14N4O2/c1-7(13-8(2)17)11(18)16-12-14-9-5-3-4-6-10(9)15-12/h3-7H,1-2H3,(H,13,17)(H2,14,15,16,18)/t7-/m0/s1. The van der Waals surface area contributed by atoms with E-state index in [1.54, 1.807) is 6.92 Å². The van der Waals surface area contributed by atoms with Crippen LogP contribution in [0.5, 0.6) is 0 Å². The number of anilines is 1. The first-order valence-corrected chi connectivity index (χ1v) is 5.59. The van der Waals surface area contributed by atoms with Crippen molar-refractivity contribution < 1.29 is 9.59 Å². The zero-order valence-electron chi connectivity index (χ0n) is 10.2. The predicted octanol–water partition coefficient (Wildman–Crippen LogP) is 1.03. The number of H-pyrrole nitrogens is 1. The molecule has 1 aromatic heterocycles. The Morgan fingerprint density at radius 2 is 2.06 bits per heavy atom. The average Bonchev–Trinajstić information content (AvgIpc) is 2.69. The number of aromatic nitrogens is 2. The summed E-state index contributed by atoms with van der Waals surface area (Å²) in [6.07, 6.45) is 0. The predicted molar refractivity (Wildman–Crippen MR) is 68.0 cm³/mol. The van der Waals surface area contributed by atoms with Crippen LogP contribution in [0, 0.1) is 0 Å². The fourth-order valence-corrected chi connectivity index (χ4v) is 1.61. The fraction of sp³-hybridized carbons (Fsp3) is 0.250. The van der Waals surface area contributed by atoms with Gasteiger partial charge in [0.2, 0.25) is 17.8 Å². The number of carbonyl (C=O) groups is 2. The number of nitrogens with zero attached hydrogens (tertiary/aromatic N) is 1. The zero-order chi connectivity index (χ0) is 13.1. The molecule has 0 radical (unpaired) electrons. The monoisotopic (exact) mass is 246 g/mol. The van der Waals surface area contributed by atoms with Crippen LogP contribution in [-0.2, 0) is 9.59 Å². The number of aromatic amines is 1. The van der Waals surface area contributed by atoms with Gasteiger partial charge < -0.3 is 10.3 Å². The summed E-state index contributed by atoms with van der Waals surface area (Å²) < 4.78 is 0. The topological polar surface area (TPSA) is 86.9 Å². The van der Waals surface area contributed by atoms with Crippen LogP contribution in [0.15, 0.2) is 24.3 Å². The number of carbonyl (C=O) groups excluding carboxylic acids is 2. The summed E-state index contributed by atoms with van der Waals surface area (Å²) >= 11 is 0. The van der Waals surface area contributed by atoms with Crippen LogP contribution in [0.2, 0.25) is 0 Å². The molecule has 1 aromatic carbocycles. The van der Waals surface area contributed by atoms with Gasteiger partial charge in [0.1, 0.15) is 6.04 Å². The molecular weight excluding hydrogens is 232 g/mol. The van der Waals surface area contributed by atoms with Crippen molar-refractivity contribution in [3.05, 3.63) is 24.3 Å². The zero-order valence-corrected chi connectivity index (χ0v) is 10.2. The molecule has 0 aliphatic carbocycles. The van der Waals surface area contributed by atoms with Gasteiger partial charge in [0, 0.05) is 6.92 Å². The molecule has 2 rings (SSSR count). The number of hydrogen-bond acceptors (Lipinski definition) is 3. The number of imidazole rings is 1. The summed E-state index contributed by atoms with van der Waals surface area (Å²) in [5.41, 5.74) is 1.62. The Morgan fingerprint density at radius 1 is 1.33 bits per heavy atom. The van der Waals surface area contributed by atoms with Gasteiger partial charge in [0.05, 0.1) is 11.0 Å². The Morgan fingerprint density at radius 3 is 2.72 bits per heavy atom. The van der Waals surface area contributed by atoms with E-state index in [9.17, 15) is 9.59 Å². The highest BCUT2D eigenvalue weighted by atomic mass is 16.2. The Hall–Kier alpha value is -2.37. The van der Waals surface area contributed by atoms with Gasteiger partial charge in [-0.2, -0.15) is 0 Å². The summed E-state index contributed by atoms with van der Waals surface area (Å²) in [5, 5.41) is 5.12. The minimum Gasteiger partial charge on any atom is -0.345 e. The summed E-state index contributed by atoms with van der Waals surface area (Å²) in [6.45, 7) is 2.98. The van der Waals surface area contributed by atoms with Crippen molar-refractivity contribution in [2.24, 2.45) is 0 Å². The Kier molecular flexibility index (Phi) is 3.27. The number of para-hydroxylation sites is 2. The summed E-state index contributed by atoms with van der Waals surface area (Å²) in [7, 11) is 0. The van der Waals surface area contributed by atoms with Crippen LogP contribution in [0.25, 0.3) is 11.0 Å². The van der Waals surface area contributed by atoms with Crippen molar-refractivity contribution in [2.75, 3.05) is 5.32 Å². The summed E-state index contributed by atoms with van der Waals surface area (Å²) in [6, 6.07) is 6.87. The quantitative estimate of drug-likeness (QED) is 0.755. The second-order valence-electron chi connectivity index (χ2n) is 4.01. The Bertz CT molecular complexity index is 558. The van der Waals surface area contributed by atoms with Crippen molar-refractivity contribution in [1.82, 2.24) is 15.3 Å². The van der Waals surface area contributed by atoms with E-state index in [-0.39, 0.29) is 11.8 Å². The molecule has 0 saturated carbocycles. The third kappa shape index (κ3) is 2.65. The van der Waals surface area contributed by atoms with Gasteiger partial charge in [0.15, 0.2) is 0 Å². The molecule has 18 heavy (non-hydrogen) atoms. The van der Waals surface area contributed by atoms with Crippen molar-refractivity contribution >= 4 is 28.8 Å². The van der Waals surface area contributed by atoms with E-state index in [0.717, 1.165) is 11.0 Å². The van der Waals surface area contributed by atoms with Crippen molar-refractivity contribution in [3.63, 3.8) is 0 Å². The molecule has 0 aliphatic rings. The minimum atomic E-state index is -0.601. The SMILES string of the molecule is CC(=O)N[C@@H](C)C(=O)Nc1nc2ccccc2[nH]1. The summed E-state index contributed by atoms with van der Waals surface area (Å²) in [5.74, 6) is -0.190. The van der Waals surface area contributed by atoms with Crippen LogP contribution >= 0.6 is 0 Å². The molecule has 0 bridgehead atoms. The lowest BCUT2D eigenvalue weighted by Crippen LogP contribution is -2.40. The van der Waals surface area contributed by atoms with Gasteiger partial charge in [-0.15, -0.1) is 0 Å². The molecule has 0 unspecified atom stereocenters. The van der Waals surface area contributed by atoms with Crippen LogP contribution < -0.4 is 10.6 Å². The number of nitrogens with one attached hydrogen (secondary N) is 3. The normalized spacial score (nSPS) is 12.1. The number of hydrogen-bond donors (Lipinski definition) is 3. The van der Waals surface area contributed by atoms with Crippen LogP contribution in [0.4, 0.5) is 5.95 Å². The van der Waals surface area contributed by atoms with E-state index in [1.807, 2.05) is 24.3 Å². The Labute approximate surface area is 104 Å². The first kappa shape index (κ1) is 12.1. The maximum absolute atomic E-state index is 11.7. The highest BCUT2D eigenvalue weighted by molar-refractivity contribution is 5.96. The molecule has 94 valence electrons. The lowest BCUT2D eigenvalue weighted by atomic mass is 10.3. The summed E-state index contributed by atoms with van der Waals surface area (Å²) in [4.78, 5) is 29.8. The highest BCUT2D eigenvalue weighted by Crippen LogP contribution is 2.13. The van der Waals surface area contributed by atoms with E-state index in [0.29, 0.717) is 5.95 Å². The van der Waals surface area contributed by atoms with Crippen LogP contribution in [0.1, 0.15) is 13.8 Å². The smallest absolute Gasteiger partial charge is 0.248 e. The molecule has 0 saturated heterocycles. The lowest BCUT2D eigenvalue weighted by Gasteiger charge is -2.10. The Balaban J connectivity index is 2.09. The number of amides is 2. The highest BCUT2D eigenvalue weighted by Gasteiger charge is 2.15. The van der Waals surface area contributed by atoms with Gasteiger partial charge in [-0.3, -0.25) is 14.9 Å². The number of fused-ring (bicyclic) bond motifs is 1. The van der Waals surface area contributed by atoms with E-state index >= 15 is 0 Å². The van der Waals surface area contributed by atoms with E-state index in [1.165, 1.54) is 6.92 Å². The molecule has 1 atom stereocenters. The second-order valence-corrected chi connectivity index (χ2v) is 4.01. The first-order valence-electron chi connectivity index (χ1n) is 5.59. The number of rotatable bonds is 3. The number of benzene rings is 1. The molecule has 0 fully saturated rings. The molecule has 0 spiro atoms. The maximum Gasteiger partial charge on any atom is 0.248 e. The largest absolute Gasteiger partial charge is 0.345 e. The van der Waals surface area contributed by atoms with Crippen LogP contribution in [0.3, 0.4) is 0 Å². The molecule has 0 aliphatic heterocycles. The van der Waals surface area contributed by atoms with E-state index < -0.39 is 6.04 Å². The molecule has 6 nitrogen and oxygen atoms in total. The second kappa shape index (κ2) is 4.87. The molecule has 2 amide bonds. The maximum atomic E-state index is 11.7. The van der Waals surface area contributed by atoms with E-state index in [4.69, 9.17) is 0 Å². The fourth-order valence-electron chi connectivity index (χ4n) is 1.61. The molecular formula is C12H14N4O2. The average molecular weight is 246 g/mol. The third-order valence-electron chi connectivity index (χ3n) is 2.44. The molecule has 6 heteroatoms. The van der Waals surface area contributed by atoms with Gasteiger partial charge in [-0.05, 0) is 19.1 Å². The van der Waals surface area contributed by atoms with E-state index in [2.05, 4.69) is 20.6 Å². The van der Waals surface area contributed by atoms with Gasteiger partial charge >= 0.3 is 0 Å². The molecule has 1 heterocycles.